The number of carbonyl (C=O) groups excluding carboxylic acids is 4. The number of benzene rings is 2. The Bertz CT molecular complexity index is 1030. The number of esters is 4. The Labute approximate surface area is 168 Å². The maximum Gasteiger partial charge on any atom is 0.346 e. The SMILES string of the molecule is C[Si](C)(O[Si](C)(C)c1ccc2c(c1)C(=O)OC2=O)c1ccc2c(c1)C(=O)OC2=O. The summed E-state index contributed by atoms with van der Waals surface area (Å²) in [7, 11) is -4.98. The molecule has 0 saturated carbocycles. The Morgan fingerprint density at radius 3 is 1.31 bits per heavy atom. The van der Waals surface area contributed by atoms with Crippen LogP contribution >= 0.6 is 0 Å². The van der Waals surface area contributed by atoms with Crippen LogP contribution in [0.4, 0.5) is 0 Å². The maximum absolute atomic E-state index is 11.9. The second kappa shape index (κ2) is 6.31. The molecule has 2 aliphatic heterocycles. The number of hydrogen-bond acceptors (Lipinski definition) is 7. The van der Waals surface area contributed by atoms with Crippen LogP contribution in [0.15, 0.2) is 36.4 Å². The van der Waals surface area contributed by atoms with E-state index in [9.17, 15) is 19.2 Å². The first kappa shape index (κ1) is 19.4. The third kappa shape index (κ3) is 3.16. The van der Waals surface area contributed by atoms with E-state index >= 15 is 0 Å². The molecule has 9 heteroatoms. The van der Waals surface area contributed by atoms with Crippen LogP contribution in [0.5, 0.6) is 0 Å². The van der Waals surface area contributed by atoms with Gasteiger partial charge in [0, 0.05) is 0 Å². The van der Waals surface area contributed by atoms with Gasteiger partial charge in [-0.3, -0.25) is 0 Å². The Morgan fingerprint density at radius 2 is 0.931 bits per heavy atom. The lowest BCUT2D eigenvalue weighted by Gasteiger charge is -2.34. The fourth-order valence-electron chi connectivity index (χ4n) is 3.68. The van der Waals surface area contributed by atoms with Crippen LogP contribution < -0.4 is 10.4 Å². The van der Waals surface area contributed by atoms with Gasteiger partial charge in [0.25, 0.3) is 0 Å². The molecule has 2 heterocycles. The predicted octanol–water partition coefficient (Wildman–Crippen LogP) is 1.85. The lowest BCUT2D eigenvalue weighted by atomic mass is 10.1. The number of cyclic esters (lactones) is 4. The van der Waals surface area contributed by atoms with Gasteiger partial charge in [-0.1, -0.05) is 12.1 Å². The van der Waals surface area contributed by atoms with Crippen molar-refractivity contribution >= 4 is 50.9 Å². The van der Waals surface area contributed by atoms with Crippen LogP contribution in [-0.2, 0) is 13.6 Å². The zero-order valence-corrected chi connectivity index (χ0v) is 18.3. The van der Waals surface area contributed by atoms with Crippen LogP contribution in [0.3, 0.4) is 0 Å². The zero-order chi connectivity index (χ0) is 21.1. The molecule has 2 aliphatic rings. The average Bonchev–Trinajstić information content (AvgIpc) is 3.09. The summed E-state index contributed by atoms with van der Waals surface area (Å²) in [5.74, 6) is -2.55. The van der Waals surface area contributed by atoms with Gasteiger partial charge >= 0.3 is 23.9 Å². The van der Waals surface area contributed by atoms with Crippen LogP contribution in [0.2, 0.25) is 26.2 Å². The minimum absolute atomic E-state index is 0.259. The molecule has 148 valence electrons. The molecule has 0 fully saturated rings. The molecule has 0 bridgehead atoms. The first-order chi connectivity index (χ1) is 13.5. The predicted molar refractivity (Wildman–Crippen MR) is 108 cm³/mol. The molecule has 0 saturated heterocycles. The lowest BCUT2D eigenvalue weighted by Crippen LogP contribution is -2.57. The molecule has 4 rings (SSSR count). The third-order valence-corrected chi connectivity index (χ3v) is 12.7. The molecule has 2 aromatic carbocycles. The Hall–Kier alpha value is -2.89. The van der Waals surface area contributed by atoms with E-state index in [4.69, 9.17) is 4.12 Å². The van der Waals surface area contributed by atoms with Crippen molar-refractivity contribution in [3.63, 3.8) is 0 Å². The van der Waals surface area contributed by atoms with Gasteiger partial charge in [0.2, 0.25) is 16.6 Å². The van der Waals surface area contributed by atoms with E-state index in [1.165, 1.54) is 0 Å². The highest BCUT2D eigenvalue weighted by Gasteiger charge is 2.39. The number of hydrogen-bond donors (Lipinski definition) is 0. The largest absolute Gasteiger partial charge is 0.449 e. The van der Waals surface area contributed by atoms with Gasteiger partial charge in [-0.2, -0.15) is 0 Å². The van der Waals surface area contributed by atoms with E-state index in [0.29, 0.717) is 0 Å². The maximum atomic E-state index is 11.9. The van der Waals surface area contributed by atoms with E-state index in [1.54, 1.807) is 36.4 Å². The highest BCUT2D eigenvalue weighted by atomic mass is 28.4. The van der Waals surface area contributed by atoms with Crippen LogP contribution in [-0.4, -0.2) is 40.5 Å². The first-order valence-electron chi connectivity index (χ1n) is 9.02. The molecular weight excluding hydrogens is 408 g/mol. The van der Waals surface area contributed by atoms with E-state index in [1.807, 2.05) is 26.2 Å². The molecule has 0 amide bonds. The summed E-state index contributed by atoms with van der Waals surface area (Å²) < 4.78 is 16.0. The molecular formula is C20H18O7Si2. The van der Waals surface area contributed by atoms with Crippen molar-refractivity contribution in [1.82, 2.24) is 0 Å². The molecule has 0 radical (unpaired) electrons. The van der Waals surface area contributed by atoms with Gasteiger partial charge in [0.15, 0.2) is 0 Å². The van der Waals surface area contributed by atoms with Crippen molar-refractivity contribution in [2.45, 2.75) is 26.2 Å². The Balaban J connectivity index is 1.66. The van der Waals surface area contributed by atoms with Crippen LogP contribution in [0.1, 0.15) is 41.4 Å². The van der Waals surface area contributed by atoms with Gasteiger partial charge in [-0.15, -0.1) is 0 Å². The van der Waals surface area contributed by atoms with Gasteiger partial charge in [-0.05, 0) is 60.8 Å². The second-order valence-corrected chi connectivity index (χ2v) is 16.0. The Kier molecular flexibility index (Phi) is 4.23. The van der Waals surface area contributed by atoms with Gasteiger partial charge in [0.05, 0.1) is 22.3 Å². The highest BCUT2D eigenvalue weighted by Crippen LogP contribution is 2.23. The summed E-state index contributed by atoms with van der Waals surface area (Å²) in [5.41, 5.74) is 1.05. The molecule has 0 aliphatic carbocycles. The van der Waals surface area contributed by atoms with E-state index in [-0.39, 0.29) is 22.3 Å². The van der Waals surface area contributed by atoms with Crippen molar-refractivity contribution in [3.05, 3.63) is 58.7 Å². The zero-order valence-electron chi connectivity index (χ0n) is 16.3. The van der Waals surface area contributed by atoms with Crippen molar-refractivity contribution in [2.75, 3.05) is 0 Å². The summed E-state index contributed by atoms with van der Waals surface area (Å²) in [4.78, 5) is 47.1. The Morgan fingerprint density at radius 1 is 0.586 bits per heavy atom. The van der Waals surface area contributed by atoms with E-state index in [0.717, 1.165) is 10.4 Å². The fourth-order valence-corrected chi connectivity index (χ4v) is 11.7. The minimum Gasteiger partial charge on any atom is -0.449 e. The first-order valence-corrected chi connectivity index (χ1v) is 14.8. The van der Waals surface area contributed by atoms with Gasteiger partial charge in [0.1, 0.15) is 0 Å². The van der Waals surface area contributed by atoms with Crippen LogP contribution in [0, 0.1) is 0 Å². The van der Waals surface area contributed by atoms with Crippen molar-refractivity contribution in [2.24, 2.45) is 0 Å². The summed E-state index contributed by atoms with van der Waals surface area (Å²) in [6.45, 7) is 8.04. The number of ether oxygens (including phenoxy) is 2. The summed E-state index contributed by atoms with van der Waals surface area (Å²) in [6.07, 6.45) is 0. The van der Waals surface area contributed by atoms with E-state index in [2.05, 4.69) is 9.47 Å². The molecule has 0 unspecified atom stereocenters. The number of carbonyl (C=O) groups is 4. The standard InChI is InChI=1S/C20H18O7Si2/c1-28(2,11-5-7-13-15(9-11)19(23)25-17(13)21)27-29(3,4)12-6-8-14-16(10-12)20(24)26-18(14)22/h5-10H,1-4H3. The summed E-state index contributed by atoms with van der Waals surface area (Å²) >= 11 is 0. The van der Waals surface area contributed by atoms with Crippen molar-refractivity contribution in [3.8, 4) is 0 Å². The van der Waals surface area contributed by atoms with Crippen molar-refractivity contribution in [1.29, 1.82) is 0 Å². The molecule has 2 aromatic rings. The lowest BCUT2D eigenvalue weighted by molar-refractivity contribution is 0.0425. The molecule has 0 spiro atoms. The monoisotopic (exact) mass is 426 g/mol. The summed E-state index contributed by atoms with van der Waals surface area (Å²) in [5, 5.41) is 1.72. The quantitative estimate of drug-likeness (QED) is 0.418. The van der Waals surface area contributed by atoms with Crippen LogP contribution in [0.25, 0.3) is 0 Å². The van der Waals surface area contributed by atoms with Crippen molar-refractivity contribution < 1.29 is 32.8 Å². The molecule has 0 N–H and O–H groups in total. The minimum atomic E-state index is -2.49. The average molecular weight is 427 g/mol. The smallest absolute Gasteiger partial charge is 0.346 e. The normalized spacial score (nSPS) is 15.9. The van der Waals surface area contributed by atoms with Gasteiger partial charge < -0.3 is 13.6 Å². The van der Waals surface area contributed by atoms with Gasteiger partial charge in [-0.25, -0.2) is 19.2 Å². The molecule has 0 atom stereocenters. The molecule has 29 heavy (non-hydrogen) atoms. The number of fused-ring (bicyclic) bond motifs is 2. The fraction of sp³-hybridized carbons (Fsp3) is 0.200. The second-order valence-electron chi connectivity index (χ2n) is 8.00. The number of rotatable bonds is 4. The highest BCUT2D eigenvalue weighted by molar-refractivity contribution is 6.97. The summed E-state index contributed by atoms with van der Waals surface area (Å²) in [6, 6.07) is 10.2. The third-order valence-electron chi connectivity index (χ3n) is 5.19. The van der Waals surface area contributed by atoms with E-state index < -0.39 is 40.5 Å². The topological polar surface area (TPSA) is 96.0 Å². The molecule has 7 nitrogen and oxygen atoms in total. The molecule has 0 aromatic heterocycles.